The zero-order valence-corrected chi connectivity index (χ0v) is 13.3. The van der Waals surface area contributed by atoms with Gasteiger partial charge in [-0.05, 0) is 30.8 Å². The zero-order valence-electron chi connectivity index (χ0n) is 12.4. The molecule has 0 saturated carbocycles. The summed E-state index contributed by atoms with van der Waals surface area (Å²) in [7, 11) is 0. The lowest BCUT2D eigenvalue weighted by atomic mass is 9.99. The summed E-state index contributed by atoms with van der Waals surface area (Å²) in [5, 5.41) is 2.56. The molecule has 0 aromatic rings. The molecule has 1 atom stereocenters. The maximum absolute atomic E-state index is 11.7. The number of carbonyl (C=O) groups is 2. The van der Waals surface area contributed by atoms with Crippen molar-refractivity contribution < 1.29 is 19.1 Å². The summed E-state index contributed by atoms with van der Waals surface area (Å²) < 4.78 is 10.0. The molecule has 1 amide bonds. The first-order valence-electron chi connectivity index (χ1n) is 6.39. The van der Waals surface area contributed by atoms with Gasteiger partial charge >= 0.3 is 12.1 Å². The van der Waals surface area contributed by atoms with Crippen molar-refractivity contribution in [1.29, 1.82) is 0 Å². The fourth-order valence-electron chi connectivity index (χ4n) is 1.19. The monoisotopic (exact) mass is 291 g/mol. The third-order valence-corrected chi connectivity index (χ3v) is 2.75. The van der Waals surface area contributed by atoms with E-state index in [0.717, 1.165) is 5.75 Å². The molecule has 0 bridgehead atoms. The highest BCUT2D eigenvalue weighted by molar-refractivity contribution is 7.98. The number of esters is 1. The molecule has 112 valence electrons. The van der Waals surface area contributed by atoms with E-state index in [0.29, 0.717) is 19.6 Å². The van der Waals surface area contributed by atoms with Crippen LogP contribution in [0.25, 0.3) is 0 Å². The van der Waals surface area contributed by atoms with Crippen LogP contribution in [0.2, 0.25) is 0 Å². The Labute approximate surface area is 119 Å². The summed E-state index contributed by atoms with van der Waals surface area (Å²) in [6, 6.07) is -0.639. The Hall–Kier alpha value is -0.910. The van der Waals surface area contributed by atoms with Crippen LogP contribution < -0.4 is 5.32 Å². The van der Waals surface area contributed by atoms with Crippen molar-refractivity contribution in [2.24, 2.45) is 5.41 Å². The number of rotatable bonds is 7. The summed E-state index contributed by atoms with van der Waals surface area (Å²) in [4.78, 5) is 23.3. The van der Waals surface area contributed by atoms with Crippen molar-refractivity contribution in [1.82, 2.24) is 5.32 Å². The summed E-state index contributed by atoms with van der Waals surface area (Å²) in [6.45, 7) is 8.25. The van der Waals surface area contributed by atoms with E-state index in [1.165, 1.54) is 0 Å². The molecule has 19 heavy (non-hydrogen) atoms. The van der Waals surface area contributed by atoms with Gasteiger partial charge < -0.3 is 14.8 Å². The molecule has 0 radical (unpaired) electrons. The van der Waals surface area contributed by atoms with Gasteiger partial charge in [-0.1, -0.05) is 20.8 Å². The highest BCUT2D eigenvalue weighted by atomic mass is 32.2. The lowest BCUT2D eigenvalue weighted by Gasteiger charge is -2.20. The molecule has 0 fully saturated rings. The molecule has 0 aliphatic heterocycles. The molecular formula is C13H25NO4S. The van der Waals surface area contributed by atoms with Crippen LogP contribution in [-0.2, 0) is 14.3 Å². The third-order valence-electron chi connectivity index (χ3n) is 2.11. The van der Waals surface area contributed by atoms with E-state index in [1.54, 1.807) is 18.7 Å². The summed E-state index contributed by atoms with van der Waals surface area (Å²) in [5.74, 6) is 0.354. The van der Waals surface area contributed by atoms with Gasteiger partial charge in [-0.3, -0.25) is 0 Å². The predicted molar refractivity (Wildman–Crippen MR) is 77.4 cm³/mol. The van der Waals surface area contributed by atoms with Crippen molar-refractivity contribution in [2.75, 3.05) is 25.2 Å². The molecule has 5 nitrogen and oxygen atoms in total. The van der Waals surface area contributed by atoms with Crippen molar-refractivity contribution in [3.63, 3.8) is 0 Å². The number of hydrogen-bond acceptors (Lipinski definition) is 5. The standard InChI is InChI=1S/C13H25NO4S/c1-6-17-11(15)10(7-8-19-5)14-12(16)18-9-13(2,3)4/h10H,6-9H2,1-5H3,(H,14,16). The number of amides is 1. The second-order valence-electron chi connectivity index (χ2n) is 5.37. The largest absolute Gasteiger partial charge is 0.464 e. The van der Waals surface area contributed by atoms with E-state index in [1.807, 2.05) is 27.0 Å². The number of carbonyl (C=O) groups excluding carboxylic acids is 2. The molecule has 0 aliphatic rings. The highest BCUT2D eigenvalue weighted by Crippen LogP contribution is 2.13. The lowest BCUT2D eigenvalue weighted by Crippen LogP contribution is -2.43. The van der Waals surface area contributed by atoms with Gasteiger partial charge in [-0.2, -0.15) is 11.8 Å². The SMILES string of the molecule is CCOC(=O)C(CCSC)NC(=O)OCC(C)(C)C. The maximum atomic E-state index is 11.7. The molecular weight excluding hydrogens is 266 g/mol. The van der Waals surface area contributed by atoms with E-state index in [9.17, 15) is 9.59 Å². The minimum absolute atomic E-state index is 0.101. The average molecular weight is 291 g/mol. The minimum atomic E-state index is -0.639. The van der Waals surface area contributed by atoms with Crippen LogP contribution in [0, 0.1) is 5.41 Å². The smallest absolute Gasteiger partial charge is 0.407 e. The van der Waals surface area contributed by atoms with Gasteiger partial charge in [0, 0.05) is 0 Å². The third kappa shape index (κ3) is 9.64. The number of thioether (sulfide) groups is 1. The number of nitrogens with one attached hydrogen (secondary N) is 1. The van der Waals surface area contributed by atoms with Crippen LogP contribution >= 0.6 is 11.8 Å². The van der Waals surface area contributed by atoms with E-state index >= 15 is 0 Å². The Morgan fingerprint density at radius 2 is 1.89 bits per heavy atom. The fraction of sp³-hybridized carbons (Fsp3) is 0.846. The van der Waals surface area contributed by atoms with Crippen LogP contribution in [-0.4, -0.2) is 43.3 Å². The topological polar surface area (TPSA) is 64.6 Å². The van der Waals surface area contributed by atoms with Crippen LogP contribution in [0.15, 0.2) is 0 Å². The van der Waals surface area contributed by atoms with Gasteiger partial charge in [0.15, 0.2) is 0 Å². The number of ether oxygens (including phenoxy) is 2. The molecule has 1 N–H and O–H groups in total. The Kier molecular flexibility index (Phi) is 8.63. The Balaban J connectivity index is 4.29. The molecule has 0 aromatic heterocycles. The summed E-state index contributed by atoms with van der Waals surface area (Å²) >= 11 is 1.61. The first-order valence-corrected chi connectivity index (χ1v) is 7.78. The van der Waals surface area contributed by atoms with Crippen LogP contribution in [0.4, 0.5) is 4.79 Å². The van der Waals surface area contributed by atoms with Gasteiger partial charge in [-0.25, -0.2) is 9.59 Å². The van der Waals surface area contributed by atoms with Crippen molar-refractivity contribution in [3.05, 3.63) is 0 Å². The summed E-state index contributed by atoms with van der Waals surface area (Å²) in [6.07, 6.45) is 1.90. The Morgan fingerprint density at radius 1 is 1.26 bits per heavy atom. The van der Waals surface area contributed by atoms with Gasteiger partial charge in [0.1, 0.15) is 6.04 Å². The van der Waals surface area contributed by atoms with Gasteiger partial charge in [0.25, 0.3) is 0 Å². The van der Waals surface area contributed by atoms with Crippen LogP contribution in [0.3, 0.4) is 0 Å². The fourth-order valence-corrected chi connectivity index (χ4v) is 1.66. The molecule has 0 saturated heterocycles. The minimum Gasteiger partial charge on any atom is -0.464 e. The van der Waals surface area contributed by atoms with Crippen molar-refractivity contribution in [3.8, 4) is 0 Å². The number of alkyl carbamates (subject to hydrolysis) is 1. The molecule has 0 aromatic carbocycles. The molecule has 0 rings (SSSR count). The van der Waals surface area contributed by atoms with Crippen molar-refractivity contribution in [2.45, 2.75) is 40.2 Å². The van der Waals surface area contributed by atoms with E-state index in [4.69, 9.17) is 9.47 Å². The van der Waals surface area contributed by atoms with Crippen LogP contribution in [0.5, 0.6) is 0 Å². The maximum Gasteiger partial charge on any atom is 0.407 e. The first-order chi connectivity index (χ1) is 8.80. The second kappa shape index (κ2) is 9.07. The molecule has 0 heterocycles. The highest BCUT2D eigenvalue weighted by Gasteiger charge is 2.23. The second-order valence-corrected chi connectivity index (χ2v) is 6.35. The predicted octanol–water partition coefficient (Wildman–Crippen LogP) is 2.44. The molecule has 1 unspecified atom stereocenters. The first kappa shape index (κ1) is 18.1. The lowest BCUT2D eigenvalue weighted by molar-refractivity contribution is -0.145. The van der Waals surface area contributed by atoms with E-state index in [2.05, 4.69) is 5.32 Å². The number of hydrogen-bond donors (Lipinski definition) is 1. The van der Waals surface area contributed by atoms with Crippen LogP contribution in [0.1, 0.15) is 34.1 Å². The van der Waals surface area contributed by atoms with Gasteiger partial charge in [0.05, 0.1) is 13.2 Å². The summed E-state index contributed by atoms with van der Waals surface area (Å²) in [5.41, 5.74) is -0.101. The molecule has 6 heteroatoms. The van der Waals surface area contributed by atoms with Crippen molar-refractivity contribution >= 4 is 23.8 Å². The van der Waals surface area contributed by atoms with Gasteiger partial charge in [0.2, 0.25) is 0 Å². The average Bonchev–Trinajstić information content (AvgIpc) is 2.31. The zero-order chi connectivity index (χ0) is 14.9. The Morgan fingerprint density at radius 3 is 2.37 bits per heavy atom. The van der Waals surface area contributed by atoms with Gasteiger partial charge in [-0.15, -0.1) is 0 Å². The quantitative estimate of drug-likeness (QED) is 0.730. The van der Waals surface area contributed by atoms with E-state index in [-0.39, 0.29) is 5.41 Å². The Bertz CT molecular complexity index is 289. The normalized spacial score (nSPS) is 12.7. The van der Waals surface area contributed by atoms with E-state index < -0.39 is 18.1 Å². The molecule has 0 aliphatic carbocycles. The molecule has 0 spiro atoms.